The summed E-state index contributed by atoms with van der Waals surface area (Å²) < 4.78 is 42.9. The number of benzene rings is 1. The maximum Gasteiger partial charge on any atom is 0.416 e. The maximum atomic E-state index is 12.6. The van der Waals surface area contributed by atoms with Crippen LogP contribution in [0, 0.1) is 0 Å². The summed E-state index contributed by atoms with van der Waals surface area (Å²) in [5, 5.41) is 2.35. The van der Waals surface area contributed by atoms with E-state index in [1.54, 1.807) is 0 Å². The van der Waals surface area contributed by atoms with Crippen molar-refractivity contribution in [2.75, 3.05) is 19.0 Å². The molecule has 0 saturated carbocycles. The lowest BCUT2D eigenvalue weighted by Gasteiger charge is -2.14. The van der Waals surface area contributed by atoms with Crippen LogP contribution in [-0.2, 0) is 15.7 Å². The first-order valence-corrected chi connectivity index (χ1v) is 6.46. The smallest absolute Gasteiger partial charge is 0.385 e. The molecule has 3 N–H and O–H groups in total. The van der Waals surface area contributed by atoms with E-state index in [1.165, 1.54) is 13.2 Å². The molecule has 1 aromatic rings. The number of amides is 1. The molecule has 0 fully saturated rings. The molecule has 1 atom stereocenters. The molecule has 0 aliphatic rings. The molecule has 8 heteroatoms. The predicted molar refractivity (Wildman–Crippen MR) is 72.2 cm³/mol. The molecule has 0 heterocycles. The number of hydrogen-bond acceptors (Lipinski definition) is 3. The molecular weight excluding hydrogens is 341 g/mol. The number of alkyl halides is 3. The number of nitrogens with two attached hydrogens (primary N) is 1. The largest absolute Gasteiger partial charge is 0.416 e. The molecule has 0 aliphatic carbocycles. The number of anilines is 1. The molecule has 0 spiro atoms. The third-order valence-electron chi connectivity index (χ3n) is 2.46. The fraction of sp³-hybridized carbons (Fsp3) is 0.417. The van der Waals surface area contributed by atoms with E-state index in [2.05, 4.69) is 21.2 Å². The van der Waals surface area contributed by atoms with E-state index < -0.39 is 23.7 Å². The number of methoxy groups -OCH3 is 1. The van der Waals surface area contributed by atoms with Crippen LogP contribution in [0.5, 0.6) is 0 Å². The zero-order valence-corrected chi connectivity index (χ0v) is 12.2. The van der Waals surface area contributed by atoms with E-state index in [0.717, 1.165) is 12.1 Å². The van der Waals surface area contributed by atoms with Crippen LogP contribution in [-0.4, -0.2) is 25.7 Å². The van der Waals surface area contributed by atoms with Crippen LogP contribution in [0.3, 0.4) is 0 Å². The normalized spacial score (nSPS) is 13.1. The minimum absolute atomic E-state index is 0.0320. The second-order valence-electron chi connectivity index (χ2n) is 4.10. The Morgan fingerprint density at radius 2 is 2.10 bits per heavy atom. The molecule has 0 aromatic heterocycles. The van der Waals surface area contributed by atoms with Crippen molar-refractivity contribution in [1.82, 2.24) is 0 Å². The summed E-state index contributed by atoms with van der Waals surface area (Å²) >= 11 is 2.97. The van der Waals surface area contributed by atoms with Crippen LogP contribution in [0.1, 0.15) is 12.0 Å². The van der Waals surface area contributed by atoms with Gasteiger partial charge in [-0.2, -0.15) is 13.2 Å². The van der Waals surface area contributed by atoms with Gasteiger partial charge in [0.25, 0.3) is 0 Å². The lowest BCUT2D eigenvalue weighted by Crippen LogP contribution is -2.36. The molecule has 0 radical (unpaired) electrons. The first-order chi connectivity index (χ1) is 9.24. The van der Waals surface area contributed by atoms with Gasteiger partial charge in [-0.1, -0.05) is 15.9 Å². The van der Waals surface area contributed by atoms with Crippen LogP contribution in [0.15, 0.2) is 22.7 Å². The van der Waals surface area contributed by atoms with Crippen molar-refractivity contribution in [1.29, 1.82) is 0 Å². The number of carbonyl (C=O) groups excluding carboxylic acids is 1. The van der Waals surface area contributed by atoms with Crippen molar-refractivity contribution < 1.29 is 22.7 Å². The third kappa shape index (κ3) is 5.10. The second kappa shape index (κ2) is 7.05. The highest BCUT2D eigenvalue weighted by Gasteiger charge is 2.31. The molecule has 20 heavy (non-hydrogen) atoms. The predicted octanol–water partition coefficient (Wildman–Crippen LogP) is 2.77. The van der Waals surface area contributed by atoms with E-state index in [0.29, 0.717) is 6.61 Å². The Hall–Kier alpha value is -1.12. The Balaban J connectivity index is 2.82. The monoisotopic (exact) mass is 354 g/mol. The summed E-state index contributed by atoms with van der Waals surface area (Å²) in [6, 6.07) is 2.31. The Morgan fingerprint density at radius 3 is 2.65 bits per heavy atom. The highest BCUT2D eigenvalue weighted by Crippen LogP contribution is 2.33. The molecule has 1 rings (SSSR count). The quantitative estimate of drug-likeness (QED) is 0.854. The molecule has 1 unspecified atom stereocenters. The highest BCUT2D eigenvalue weighted by molar-refractivity contribution is 9.10. The fourth-order valence-electron chi connectivity index (χ4n) is 1.44. The minimum Gasteiger partial charge on any atom is -0.385 e. The summed E-state index contributed by atoms with van der Waals surface area (Å²) in [5.74, 6) is -0.562. The van der Waals surface area contributed by atoms with Gasteiger partial charge in [-0.15, -0.1) is 0 Å². The van der Waals surface area contributed by atoms with Gasteiger partial charge in [0.15, 0.2) is 0 Å². The molecule has 0 aliphatic heterocycles. The average molecular weight is 355 g/mol. The number of halogens is 4. The van der Waals surface area contributed by atoms with Gasteiger partial charge >= 0.3 is 6.18 Å². The number of rotatable bonds is 5. The van der Waals surface area contributed by atoms with Crippen LogP contribution in [0.2, 0.25) is 0 Å². The Kier molecular flexibility index (Phi) is 5.97. The molecule has 112 valence electrons. The van der Waals surface area contributed by atoms with E-state index in [9.17, 15) is 18.0 Å². The van der Waals surface area contributed by atoms with Crippen molar-refractivity contribution in [3.8, 4) is 0 Å². The Labute approximate surface area is 122 Å². The van der Waals surface area contributed by atoms with Gasteiger partial charge in [0, 0.05) is 23.9 Å². The Morgan fingerprint density at radius 1 is 1.45 bits per heavy atom. The fourth-order valence-corrected chi connectivity index (χ4v) is 1.93. The van der Waals surface area contributed by atoms with Gasteiger partial charge in [-0.3, -0.25) is 4.79 Å². The topological polar surface area (TPSA) is 64.3 Å². The van der Waals surface area contributed by atoms with Crippen molar-refractivity contribution in [3.05, 3.63) is 28.2 Å². The summed E-state index contributed by atoms with van der Waals surface area (Å²) in [7, 11) is 1.47. The molecule has 1 amide bonds. The van der Waals surface area contributed by atoms with Crippen molar-refractivity contribution in [3.63, 3.8) is 0 Å². The van der Waals surface area contributed by atoms with Gasteiger partial charge in [0.05, 0.1) is 11.6 Å². The van der Waals surface area contributed by atoms with Crippen LogP contribution >= 0.6 is 15.9 Å². The molecule has 1 aromatic carbocycles. The van der Waals surface area contributed by atoms with Gasteiger partial charge < -0.3 is 15.8 Å². The SMILES string of the molecule is COCCC(N)C(=O)Nc1cc(Br)cc(C(F)(F)F)c1. The standard InChI is InChI=1S/C12H14BrF3N2O2/c1-20-3-2-10(17)11(19)18-9-5-7(12(14,15)16)4-8(13)6-9/h4-6,10H,2-3,17H2,1H3,(H,18,19). The van der Waals surface area contributed by atoms with Crippen LogP contribution in [0.25, 0.3) is 0 Å². The van der Waals surface area contributed by atoms with Gasteiger partial charge in [0.2, 0.25) is 5.91 Å². The highest BCUT2D eigenvalue weighted by atomic mass is 79.9. The van der Waals surface area contributed by atoms with E-state index in [1.807, 2.05) is 0 Å². The zero-order chi connectivity index (χ0) is 15.3. The van der Waals surface area contributed by atoms with Gasteiger partial charge in [-0.05, 0) is 24.6 Å². The molecular formula is C12H14BrF3N2O2. The summed E-state index contributed by atoms with van der Waals surface area (Å²) in [6.07, 6.45) is -4.20. The molecule has 4 nitrogen and oxygen atoms in total. The number of hydrogen-bond donors (Lipinski definition) is 2. The van der Waals surface area contributed by atoms with Gasteiger partial charge in [0.1, 0.15) is 0 Å². The first kappa shape index (κ1) is 16.9. The van der Waals surface area contributed by atoms with Crippen molar-refractivity contribution >= 4 is 27.5 Å². The minimum atomic E-state index is -4.48. The summed E-state index contributed by atoms with van der Waals surface area (Å²) in [6.45, 7) is 0.293. The van der Waals surface area contributed by atoms with E-state index >= 15 is 0 Å². The lowest BCUT2D eigenvalue weighted by molar-refractivity contribution is -0.137. The third-order valence-corrected chi connectivity index (χ3v) is 2.92. The van der Waals surface area contributed by atoms with Crippen molar-refractivity contribution in [2.45, 2.75) is 18.6 Å². The zero-order valence-electron chi connectivity index (χ0n) is 10.6. The summed E-state index contributed by atoms with van der Waals surface area (Å²) in [5.41, 5.74) is 4.77. The lowest BCUT2D eigenvalue weighted by atomic mass is 10.1. The van der Waals surface area contributed by atoms with Gasteiger partial charge in [-0.25, -0.2) is 0 Å². The van der Waals surface area contributed by atoms with Crippen molar-refractivity contribution in [2.24, 2.45) is 5.73 Å². The molecule has 0 saturated heterocycles. The number of nitrogens with one attached hydrogen (secondary N) is 1. The van der Waals surface area contributed by atoms with E-state index in [4.69, 9.17) is 10.5 Å². The molecule has 0 bridgehead atoms. The van der Waals surface area contributed by atoms with Crippen LogP contribution < -0.4 is 11.1 Å². The maximum absolute atomic E-state index is 12.6. The summed E-state index contributed by atoms with van der Waals surface area (Å²) in [4.78, 5) is 11.7. The average Bonchev–Trinajstić information content (AvgIpc) is 2.34. The second-order valence-corrected chi connectivity index (χ2v) is 5.02. The first-order valence-electron chi connectivity index (χ1n) is 5.67. The number of ether oxygens (including phenoxy) is 1. The Bertz CT molecular complexity index is 480. The van der Waals surface area contributed by atoms with Crippen LogP contribution in [0.4, 0.5) is 18.9 Å². The van der Waals surface area contributed by atoms with E-state index in [-0.39, 0.29) is 16.6 Å². The number of carbonyl (C=O) groups is 1.